The molecule has 1 aromatic heterocycles. The van der Waals surface area contributed by atoms with Crippen LogP contribution in [-0.2, 0) is 10.0 Å². The fourth-order valence-corrected chi connectivity index (χ4v) is 3.80. The van der Waals surface area contributed by atoms with Crippen LogP contribution in [0.4, 0.5) is 5.88 Å². The predicted octanol–water partition coefficient (Wildman–Crippen LogP) is 3.46. The van der Waals surface area contributed by atoms with E-state index in [1.54, 1.807) is 19.1 Å². The van der Waals surface area contributed by atoms with Crippen molar-refractivity contribution in [1.82, 2.24) is 9.46 Å². The van der Waals surface area contributed by atoms with Crippen molar-refractivity contribution in [3.8, 4) is 11.1 Å². The molecular formula is C20H21N3O4S. The van der Waals surface area contributed by atoms with E-state index >= 15 is 0 Å². The molecule has 0 radical (unpaired) electrons. The van der Waals surface area contributed by atoms with Gasteiger partial charge in [-0.05, 0) is 37.1 Å². The summed E-state index contributed by atoms with van der Waals surface area (Å²) in [6, 6.07) is 12.3. The van der Waals surface area contributed by atoms with Gasteiger partial charge in [0, 0.05) is 19.7 Å². The summed E-state index contributed by atoms with van der Waals surface area (Å²) in [5, 5.41) is 6.44. The maximum atomic E-state index is 12.7. The zero-order chi connectivity index (χ0) is 20.5. The smallest absolute Gasteiger partial charge is 0.258 e. The maximum absolute atomic E-state index is 12.7. The van der Waals surface area contributed by atoms with Crippen LogP contribution in [0.2, 0.25) is 0 Å². The van der Waals surface area contributed by atoms with Gasteiger partial charge in [0.15, 0.2) is 0 Å². The Hall–Kier alpha value is -2.97. The van der Waals surface area contributed by atoms with E-state index in [0.29, 0.717) is 11.1 Å². The minimum Gasteiger partial charge on any atom is -0.338 e. The van der Waals surface area contributed by atoms with Crippen molar-refractivity contribution in [1.29, 1.82) is 0 Å². The second-order valence-electron chi connectivity index (χ2n) is 6.66. The summed E-state index contributed by atoms with van der Waals surface area (Å²) in [6.45, 7) is 3.67. The molecule has 0 atom stereocenters. The lowest BCUT2D eigenvalue weighted by Gasteiger charge is -2.14. The van der Waals surface area contributed by atoms with Crippen LogP contribution in [0.1, 0.15) is 21.5 Å². The number of nitrogens with zero attached hydrogens (tertiary/aromatic N) is 2. The molecule has 0 saturated heterocycles. The van der Waals surface area contributed by atoms with E-state index < -0.39 is 15.9 Å². The molecule has 1 heterocycles. The lowest BCUT2D eigenvalue weighted by Crippen LogP contribution is -2.23. The number of hydrogen-bond donors (Lipinski definition) is 1. The van der Waals surface area contributed by atoms with Crippen molar-refractivity contribution in [2.75, 3.05) is 19.4 Å². The van der Waals surface area contributed by atoms with Crippen LogP contribution >= 0.6 is 0 Å². The third-order valence-corrected chi connectivity index (χ3v) is 6.33. The van der Waals surface area contributed by atoms with Crippen molar-refractivity contribution < 1.29 is 17.7 Å². The Kier molecular flexibility index (Phi) is 5.35. The van der Waals surface area contributed by atoms with E-state index in [-0.39, 0.29) is 16.3 Å². The first-order valence-corrected chi connectivity index (χ1v) is 10.0. The maximum Gasteiger partial charge on any atom is 0.258 e. The second kappa shape index (κ2) is 7.57. The molecule has 146 valence electrons. The van der Waals surface area contributed by atoms with E-state index in [9.17, 15) is 13.2 Å². The summed E-state index contributed by atoms with van der Waals surface area (Å²) in [7, 11) is -0.767. The number of hydrogen-bond acceptors (Lipinski definition) is 5. The van der Waals surface area contributed by atoms with Gasteiger partial charge in [-0.2, -0.15) is 0 Å². The molecule has 1 amide bonds. The zero-order valence-electron chi connectivity index (χ0n) is 16.1. The summed E-state index contributed by atoms with van der Waals surface area (Å²) in [4.78, 5) is 12.8. The number of carbonyl (C=O) groups is 1. The third kappa shape index (κ3) is 3.83. The number of nitrogens with one attached hydrogen (secondary N) is 1. The summed E-state index contributed by atoms with van der Waals surface area (Å²) in [5.41, 5.74) is 3.37. The van der Waals surface area contributed by atoms with Crippen LogP contribution in [0.25, 0.3) is 11.1 Å². The fourth-order valence-electron chi connectivity index (χ4n) is 2.66. The van der Waals surface area contributed by atoms with Crippen molar-refractivity contribution in [3.63, 3.8) is 0 Å². The van der Waals surface area contributed by atoms with E-state index in [4.69, 9.17) is 4.52 Å². The molecule has 3 rings (SSSR count). The lowest BCUT2D eigenvalue weighted by atomic mass is 10.1. The first kappa shape index (κ1) is 19.8. The quantitative estimate of drug-likeness (QED) is 0.709. The van der Waals surface area contributed by atoms with Crippen LogP contribution in [0.3, 0.4) is 0 Å². The molecule has 0 bridgehead atoms. The number of sulfonamides is 1. The zero-order valence-corrected chi connectivity index (χ0v) is 16.9. The molecule has 8 heteroatoms. The van der Waals surface area contributed by atoms with Gasteiger partial charge >= 0.3 is 0 Å². The topological polar surface area (TPSA) is 92.5 Å². The highest BCUT2D eigenvalue weighted by Gasteiger charge is 2.22. The van der Waals surface area contributed by atoms with Crippen LogP contribution in [-0.4, -0.2) is 37.9 Å². The van der Waals surface area contributed by atoms with Gasteiger partial charge in [-0.3, -0.25) is 10.1 Å². The van der Waals surface area contributed by atoms with E-state index in [2.05, 4.69) is 10.5 Å². The highest BCUT2D eigenvalue weighted by atomic mass is 32.2. The minimum absolute atomic E-state index is 0.0847. The number of rotatable bonds is 5. The molecule has 0 aliphatic rings. The molecule has 0 unspecified atom stereocenters. The Labute approximate surface area is 164 Å². The number of aromatic nitrogens is 1. The normalized spacial score (nSPS) is 11.6. The summed E-state index contributed by atoms with van der Waals surface area (Å²) >= 11 is 0. The number of amides is 1. The van der Waals surface area contributed by atoms with E-state index in [1.807, 2.05) is 31.2 Å². The molecule has 0 spiro atoms. The van der Waals surface area contributed by atoms with Gasteiger partial charge < -0.3 is 4.52 Å². The average molecular weight is 399 g/mol. The number of carbonyl (C=O) groups excluding carboxylic acids is 1. The Balaban J connectivity index is 1.91. The highest BCUT2D eigenvalue weighted by molar-refractivity contribution is 7.89. The molecule has 2 aromatic carbocycles. The van der Waals surface area contributed by atoms with Gasteiger partial charge in [-0.25, -0.2) is 12.7 Å². The average Bonchev–Trinajstić information content (AvgIpc) is 3.10. The highest BCUT2D eigenvalue weighted by Crippen LogP contribution is 2.29. The standard InChI is InChI=1S/C20H21N3O4S/c1-13-5-8-15(9-6-13)17-12-21-27-20(17)22-19(24)16-10-7-14(2)18(11-16)28(25,26)23(3)4/h5-12H,1-4H3,(H,22,24). The van der Waals surface area contributed by atoms with E-state index in [1.165, 1.54) is 26.4 Å². The Bertz CT molecular complexity index is 1120. The van der Waals surface area contributed by atoms with Crippen LogP contribution in [0.15, 0.2) is 58.1 Å². The van der Waals surface area contributed by atoms with Crippen molar-refractivity contribution in [2.45, 2.75) is 18.7 Å². The first-order valence-electron chi connectivity index (χ1n) is 8.56. The second-order valence-corrected chi connectivity index (χ2v) is 8.78. The van der Waals surface area contributed by atoms with Crippen LogP contribution < -0.4 is 5.32 Å². The molecule has 3 aromatic rings. The number of aryl methyl sites for hydroxylation is 2. The molecule has 0 aliphatic carbocycles. The van der Waals surface area contributed by atoms with Gasteiger partial charge in [-0.15, -0.1) is 0 Å². The monoisotopic (exact) mass is 399 g/mol. The van der Waals surface area contributed by atoms with Gasteiger partial charge in [0.05, 0.1) is 16.7 Å². The number of benzene rings is 2. The van der Waals surface area contributed by atoms with E-state index in [0.717, 1.165) is 15.4 Å². The van der Waals surface area contributed by atoms with Crippen molar-refractivity contribution >= 4 is 21.8 Å². The van der Waals surface area contributed by atoms with Gasteiger partial charge in [0.2, 0.25) is 15.9 Å². The van der Waals surface area contributed by atoms with Crippen molar-refractivity contribution in [3.05, 3.63) is 65.4 Å². The Morgan fingerprint density at radius 2 is 1.75 bits per heavy atom. The Morgan fingerprint density at radius 1 is 1.07 bits per heavy atom. The fraction of sp³-hybridized carbons (Fsp3) is 0.200. The number of anilines is 1. The van der Waals surface area contributed by atoms with Gasteiger partial charge in [0.25, 0.3) is 5.91 Å². The molecule has 0 aliphatic heterocycles. The molecule has 0 fully saturated rings. The molecule has 0 saturated carbocycles. The lowest BCUT2D eigenvalue weighted by molar-refractivity contribution is 0.102. The molecule has 1 N–H and O–H groups in total. The minimum atomic E-state index is -3.66. The SMILES string of the molecule is Cc1ccc(-c2cnoc2NC(=O)c2ccc(C)c(S(=O)(=O)N(C)C)c2)cc1. The van der Waals surface area contributed by atoms with Crippen LogP contribution in [0.5, 0.6) is 0 Å². The van der Waals surface area contributed by atoms with Crippen molar-refractivity contribution in [2.24, 2.45) is 0 Å². The summed E-state index contributed by atoms with van der Waals surface area (Å²) < 4.78 is 31.3. The molecule has 28 heavy (non-hydrogen) atoms. The first-order chi connectivity index (χ1) is 13.2. The Morgan fingerprint density at radius 3 is 2.39 bits per heavy atom. The third-order valence-electron chi connectivity index (χ3n) is 4.37. The van der Waals surface area contributed by atoms with Gasteiger partial charge in [0.1, 0.15) is 0 Å². The van der Waals surface area contributed by atoms with Crippen LogP contribution in [0, 0.1) is 13.8 Å². The van der Waals surface area contributed by atoms with Gasteiger partial charge in [-0.1, -0.05) is 41.1 Å². The molecule has 7 nitrogen and oxygen atoms in total. The molecular weight excluding hydrogens is 378 g/mol. The summed E-state index contributed by atoms with van der Waals surface area (Å²) in [6.07, 6.45) is 1.53. The largest absolute Gasteiger partial charge is 0.338 e. The summed E-state index contributed by atoms with van der Waals surface area (Å²) in [5.74, 6) is -0.285. The predicted molar refractivity (Wildman–Crippen MR) is 107 cm³/mol.